The monoisotopic (exact) mass is 250 g/mol. The first-order valence-electron chi connectivity index (χ1n) is 6.65. The van der Waals surface area contributed by atoms with Gasteiger partial charge >= 0.3 is 0 Å². The molecule has 0 amide bonds. The zero-order valence-electron chi connectivity index (χ0n) is 10.9. The van der Waals surface area contributed by atoms with Crippen molar-refractivity contribution in [3.63, 3.8) is 0 Å². The second kappa shape index (κ2) is 6.32. The zero-order valence-corrected chi connectivity index (χ0v) is 10.9. The lowest BCUT2D eigenvalue weighted by Gasteiger charge is -2.24. The number of aliphatic hydroxyl groups is 2. The molecule has 1 aliphatic rings. The summed E-state index contributed by atoms with van der Waals surface area (Å²) in [6, 6.07) is 8.08. The molecule has 3 nitrogen and oxygen atoms in total. The van der Waals surface area contributed by atoms with E-state index in [-0.39, 0.29) is 5.92 Å². The van der Waals surface area contributed by atoms with Gasteiger partial charge in [0.2, 0.25) is 0 Å². The van der Waals surface area contributed by atoms with E-state index in [1.54, 1.807) is 7.11 Å². The van der Waals surface area contributed by atoms with E-state index in [1.165, 1.54) is 5.56 Å². The smallest absolute Gasteiger partial charge is 0.0821 e. The molecule has 3 heteroatoms. The lowest BCUT2D eigenvalue weighted by molar-refractivity contribution is 0.0182. The highest BCUT2D eigenvalue weighted by molar-refractivity contribution is 5.30. The number of aryl methyl sites for hydroxylation is 1. The van der Waals surface area contributed by atoms with E-state index in [4.69, 9.17) is 4.74 Å². The van der Waals surface area contributed by atoms with Crippen molar-refractivity contribution in [2.45, 2.75) is 37.9 Å². The summed E-state index contributed by atoms with van der Waals surface area (Å²) in [5.74, 6) is 0.124. The van der Waals surface area contributed by atoms with Crippen LogP contribution < -0.4 is 0 Å². The van der Waals surface area contributed by atoms with Crippen LogP contribution >= 0.6 is 0 Å². The van der Waals surface area contributed by atoms with Crippen molar-refractivity contribution in [1.29, 1.82) is 0 Å². The number of methoxy groups -OCH3 is 1. The molecule has 100 valence electrons. The van der Waals surface area contributed by atoms with Gasteiger partial charge in [0, 0.05) is 7.11 Å². The summed E-state index contributed by atoms with van der Waals surface area (Å²) in [6.45, 7) is 0.338. The van der Waals surface area contributed by atoms with Gasteiger partial charge in [-0.1, -0.05) is 24.3 Å². The number of aliphatic hydroxyl groups excluding tert-OH is 2. The first-order valence-corrected chi connectivity index (χ1v) is 6.65. The van der Waals surface area contributed by atoms with E-state index in [9.17, 15) is 10.2 Å². The summed E-state index contributed by atoms with van der Waals surface area (Å²) in [4.78, 5) is 0. The Balaban J connectivity index is 2.10. The predicted octanol–water partition coefficient (Wildman–Crippen LogP) is 2.07. The van der Waals surface area contributed by atoms with Crippen molar-refractivity contribution in [2.75, 3.05) is 13.7 Å². The fourth-order valence-electron chi connectivity index (χ4n) is 2.87. The average Bonchev–Trinajstić information content (AvgIpc) is 2.51. The molecule has 0 radical (unpaired) electrons. The highest BCUT2D eigenvalue weighted by Gasteiger charge is 2.27. The van der Waals surface area contributed by atoms with E-state index in [0.29, 0.717) is 13.0 Å². The Hall–Kier alpha value is -0.900. The van der Waals surface area contributed by atoms with Gasteiger partial charge in [0.1, 0.15) is 0 Å². The third-order valence-corrected chi connectivity index (χ3v) is 3.78. The van der Waals surface area contributed by atoms with Crippen LogP contribution in [0.3, 0.4) is 0 Å². The molecule has 18 heavy (non-hydrogen) atoms. The molecule has 2 rings (SSSR count). The van der Waals surface area contributed by atoms with Gasteiger partial charge in [-0.3, -0.25) is 0 Å². The molecule has 0 bridgehead atoms. The van der Waals surface area contributed by atoms with E-state index >= 15 is 0 Å². The van der Waals surface area contributed by atoms with Crippen LogP contribution in [0.25, 0.3) is 0 Å². The minimum absolute atomic E-state index is 0.124. The molecule has 3 unspecified atom stereocenters. The van der Waals surface area contributed by atoms with Crippen LogP contribution in [0.2, 0.25) is 0 Å². The molecular formula is C15H22O3. The summed E-state index contributed by atoms with van der Waals surface area (Å²) in [5, 5.41) is 20.3. The van der Waals surface area contributed by atoms with Gasteiger partial charge in [-0.15, -0.1) is 0 Å². The topological polar surface area (TPSA) is 49.7 Å². The number of ether oxygens (including phenoxy) is 1. The Morgan fingerprint density at radius 2 is 2.17 bits per heavy atom. The predicted molar refractivity (Wildman–Crippen MR) is 70.3 cm³/mol. The lowest BCUT2D eigenvalue weighted by Crippen LogP contribution is -2.22. The van der Waals surface area contributed by atoms with E-state index < -0.39 is 12.2 Å². The van der Waals surface area contributed by atoms with E-state index in [2.05, 4.69) is 6.07 Å². The summed E-state index contributed by atoms with van der Waals surface area (Å²) in [5.41, 5.74) is 2.28. The van der Waals surface area contributed by atoms with Crippen LogP contribution in [0.1, 0.15) is 36.5 Å². The second-order valence-electron chi connectivity index (χ2n) is 5.14. The molecule has 1 aromatic rings. The first-order chi connectivity index (χ1) is 8.72. The fourth-order valence-corrected chi connectivity index (χ4v) is 2.87. The summed E-state index contributed by atoms with van der Waals surface area (Å²) >= 11 is 0. The van der Waals surface area contributed by atoms with Crippen LogP contribution in [0.5, 0.6) is 0 Å². The summed E-state index contributed by atoms with van der Waals surface area (Å²) in [7, 11) is 1.59. The van der Waals surface area contributed by atoms with E-state index in [0.717, 1.165) is 24.8 Å². The number of hydrogen-bond donors (Lipinski definition) is 2. The Bertz CT molecular complexity index is 378. The number of fused-ring (bicyclic) bond motifs is 1. The van der Waals surface area contributed by atoms with Crippen molar-refractivity contribution in [3.8, 4) is 0 Å². The minimum Gasteiger partial charge on any atom is -0.391 e. The highest BCUT2D eigenvalue weighted by Crippen LogP contribution is 2.35. The normalized spacial score (nSPS) is 25.3. The van der Waals surface area contributed by atoms with Crippen LogP contribution in [0, 0.1) is 5.92 Å². The third kappa shape index (κ3) is 3.10. The van der Waals surface area contributed by atoms with Crippen LogP contribution in [0.4, 0.5) is 0 Å². The van der Waals surface area contributed by atoms with Crippen LogP contribution in [0.15, 0.2) is 24.3 Å². The lowest BCUT2D eigenvalue weighted by atomic mass is 9.89. The van der Waals surface area contributed by atoms with E-state index in [1.807, 2.05) is 18.2 Å². The Morgan fingerprint density at radius 1 is 1.39 bits per heavy atom. The zero-order chi connectivity index (χ0) is 13.0. The number of benzene rings is 1. The van der Waals surface area contributed by atoms with Gasteiger partial charge in [0.25, 0.3) is 0 Å². The van der Waals surface area contributed by atoms with Crippen LogP contribution in [-0.2, 0) is 11.2 Å². The van der Waals surface area contributed by atoms with Crippen molar-refractivity contribution in [3.05, 3.63) is 35.4 Å². The average molecular weight is 250 g/mol. The quantitative estimate of drug-likeness (QED) is 0.804. The van der Waals surface area contributed by atoms with Gasteiger partial charge in [-0.25, -0.2) is 0 Å². The number of hydrogen-bond acceptors (Lipinski definition) is 3. The molecule has 0 aromatic heterocycles. The van der Waals surface area contributed by atoms with Gasteiger partial charge in [-0.05, 0) is 42.7 Å². The summed E-state index contributed by atoms with van der Waals surface area (Å²) in [6.07, 6.45) is 2.69. The maximum atomic E-state index is 10.5. The highest BCUT2D eigenvalue weighted by atomic mass is 16.5. The molecule has 0 aliphatic heterocycles. The fraction of sp³-hybridized carbons (Fsp3) is 0.600. The standard InChI is InChI=1S/C15H22O3/c1-18-10-13(16)9-12-7-4-6-11-5-2-3-8-14(11)15(12)17/h2-3,5,8,12-13,15-17H,4,6-7,9-10H2,1H3. The molecule has 0 saturated heterocycles. The molecule has 3 atom stereocenters. The Labute approximate surface area is 108 Å². The second-order valence-corrected chi connectivity index (χ2v) is 5.14. The number of rotatable bonds is 4. The largest absolute Gasteiger partial charge is 0.391 e. The molecule has 0 fully saturated rings. The molecule has 0 spiro atoms. The molecule has 0 saturated carbocycles. The molecule has 0 heterocycles. The first kappa shape index (κ1) is 13.5. The third-order valence-electron chi connectivity index (χ3n) is 3.78. The molecular weight excluding hydrogens is 228 g/mol. The molecule has 1 aromatic carbocycles. The maximum Gasteiger partial charge on any atom is 0.0821 e. The van der Waals surface area contributed by atoms with Crippen molar-refractivity contribution < 1.29 is 14.9 Å². The SMILES string of the molecule is COCC(O)CC1CCCc2ccccc2C1O. The van der Waals surface area contributed by atoms with Crippen LogP contribution in [-0.4, -0.2) is 30.0 Å². The Morgan fingerprint density at radius 3 is 2.94 bits per heavy atom. The molecule has 2 N–H and O–H groups in total. The van der Waals surface area contributed by atoms with Gasteiger partial charge in [0.05, 0.1) is 18.8 Å². The van der Waals surface area contributed by atoms with Gasteiger partial charge in [0.15, 0.2) is 0 Å². The van der Waals surface area contributed by atoms with Gasteiger partial charge < -0.3 is 14.9 Å². The Kier molecular flexibility index (Phi) is 4.75. The molecule has 1 aliphatic carbocycles. The maximum absolute atomic E-state index is 10.5. The van der Waals surface area contributed by atoms with Gasteiger partial charge in [-0.2, -0.15) is 0 Å². The minimum atomic E-state index is -0.486. The summed E-state index contributed by atoms with van der Waals surface area (Å²) < 4.78 is 4.95. The van der Waals surface area contributed by atoms with Crippen molar-refractivity contribution in [1.82, 2.24) is 0 Å². The van der Waals surface area contributed by atoms with Crippen molar-refractivity contribution in [2.24, 2.45) is 5.92 Å². The van der Waals surface area contributed by atoms with Crippen molar-refractivity contribution >= 4 is 0 Å².